The Bertz CT molecular complexity index is 77.5. The minimum atomic E-state index is 0. The minimum Gasteiger partial charge on any atom is -0.326 e. The molecule has 56 valence electrons. The summed E-state index contributed by atoms with van der Waals surface area (Å²) in [5.41, 5.74) is 5.66. The Morgan fingerprint density at radius 2 is 2.33 bits per heavy atom. The lowest BCUT2D eigenvalue weighted by Crippen LogP contribution is -2.26. The molecule has 2 N–H and O–H groups in total. The molecule has 0 radical (unpaired) electrons. The van der Waals surface area contributed by atoms with E-state index in [4.69, 9.17) is 5.73 Å². The molecule has 1 rings (SSSR count). The third-order valence-corrected chi connectivity index (χ3v) is 1.76. The maximum Gasteiger partial charge on any atom is 0.0180 e. The number of likely N-dealkylation sites (tertiary alicyclic amines) is 1. The van der Waals surface area contributed by atoms with Gasteiger partial charge < -0.3 is 10.6 Å². The highest BCUT2D eigenvalue weighted by molar-refractivity contribution is 5.85. The third-order valence-electron chi connectivity index (χ3n) is 1.76. The van der Waals surface area contributed by atoms with Gasteiger partial charge >= 0.3 is 0 Å². The van der Waals surface area contributed by atoms with Gasteiger partial charge in [-0.1, -0.05) is 6.92 Å². The summed E-state index contributed by atoms with van der Waals surface area (Å²) in [7, 11) is 0. The maximum atomic E-state index is 5.66. The lowest BCUT2D eigenvalue weighted by atomic mass is 10.3. The fraction of sp³-hybridized carbons (Fsp3) is 1.00. The molecule has 1 aliphatic rings. The van der Waals surface area contributed by atoms with Crippen LogP contribution in [0.2, 0.25) is 0 Å². The van der Waals surface area contributed by atoms with Gasteiger partial charge in [0.25, 0.3) is 0 Å². The first kappa shape index (κ1) is 9.21. The summed E-state index contributed by atoms with van der Waals surface area (Å²) in [5, 5.41) is 0. The average Bonchev–Trinajstić information content (AvgIpc) is 2.14. The van der Waals surface area contributed by atoms with Crippen molar-refractivity contribution in [3.05, 3.63) is 0 Å². The lowest BCUT2D eigenvalue weighted by Gasteiger charge is -2.09. The van der Waals surface area contributed by atoms with Gasteiger partial charge in [-0.25, -0.2) is 0 Å². The molecule has 2 nitrogen and oxygen atoms in total. The monoisotopic (exact) mass is 150 g/mol. The molecule has 0 aliphatic carbocycles. The molecule has 0 spiro atoms. The highest BCUT2D eigenvalue weighted by Gasteiger charge is 2.16. The number of nitrogens with zero attached hydrogens (tertiary/aromatic N) is 1. The Labute approximate surface area is 62.8 Å². The second-order valence-corrected chi connectivity index (χ2v) is 2.44. The Balaban J connectivity index is 0.000000640. The van der Waals surface area contributed by atoms with Crippen molar-refractivity contribution in [2.24, 2.45) is 5.73 Å². The van der Waals surface area contributed by atoms with Gasteiger partial charge in [0.2, 0.25) is 0 Å². The van der Waals surface area contributed by atoms with Crippen LogP contribution in [0.15, 0.2) is 0 Å². The van der Waals surface area contributed by atoms with Gasteiger partial charge in [-0.15, -0.1) is 12.4 Å². The van der Waals surface area contributed by atoms with E-state index in [1.54, 1.807) is 0 Å². The van der Waals surface area contributed by atoms with Crippen LogP contribution in [-0.4, -0.2) is 30.6 Å². The van der Waals surface area contributed by atoms with Crippen molar-refractivity contribution in [1.82, 2.24) is 4.90 Å². The van der Waals surface area contributed by atoms with Crippen molar-refractivity contribution in [2.45, 2.75) is 19.4 Å². The van der Waals surface area contributed by atoms with Crippen LogP contribution in [0.1, 0.15) is 13.3 Å². The predicted molar refractivity (Wildman–Crippen MR) is 42.0 cm³/mol. The molecule has 1 aliphatic heterocycles. The van der Waals surface area contributed by atoms with Crippen LogP contribution in [0.25, 0.3) is 0 Å². The second kappa shape index (κ2) is 4.09. The average molecular weight is 151 g/mol. The van der Waals surface area contributed by atoms with E-state index in [2.05, 4.69) is 11.8 Å². The van der Waals surface area contributed by atoms with E-state index in [-0.39, 0.29) is 12.4 Å². The number of hydrogen-bond donors (Lipinski definition) is 1. The Kier molecular flexibility index (Phi) is 4.19. The van der Waals surface area contributed by atoms with Crippen LogP contribution in [0.4, 0.5) is 0 Å². The first-order valence-electron chi connectivity index (χ1n) is 3.31. The first-order valence-corrected chi connectivity index (χ1v) is 3.31. The Morgan fingerprint density at radius 1 is 1.67 bits per heavy atom. The second-order valence-electron chi connectivity index (χ2n) is 2.44. The van der Waals surface area contributed by atoms with Gasteiger partial charge in [0.1, 0.15) is 0 Å². The van der Waals surface area contributed by atoms with Crippen molar-refractivity contribution in [1.29, 1.82) is 0 Å². The normalized spacial score (nSPS) is 28.0. The van der Waals surface area contributed by atoms with E-state index in [0.29, 0.717) is 6.04 Å². The van der Waals surface area contributed by atoms with Gasteiger partial charge in [0.15, 0.2) is 0 Å². The lowest BCUT2D eigenvalue weighted by molar-refractivity contribution is 0.354. The van der Waals surface area contributed by atoms with E-state index in [0.717, 1.165) is 13.1 Å². The van der Waals surface area contributed by atoms with Crippen LogP contribution in [0.3, 0.4) is 0 Å². The molecule has 0 unspecified atom stereocenters. The standard InChI is InChI=1S/C6H14N2.ClH/c1-2-8-4-3-6(7)5-8;/h6H,2-5,7H2,1H3;1H/t6-;/m1./s1. The molecule has 0 aromatic carbocycles. The molecule has 0 amide bonds. The summed E-state index contributed by atoms with van der Waals surface area (Å²) in [6.45, 7) is 5.65. The quantitative estimate of drug-likeness (QED) is 0.589. The Morgan fingerprint density at radius 3 is 2.56 bits per heavy atom. The van der Waals surface area contributed by atoms with Crippen LogP contribution in [0, 0.1) is 0 Å². The molecule has 0 saturated carbocycles. The molecule has 1 saturated heterocycles. The number of halogens is 1. The molecular weight excluding hydrogens is 136 g/mol. The zero-order valence-corrected chi connectivity index (χ0v) is 6.66. The predicted octanol–water partition coefficient (Wildman–Crippen LogP) is 0.461. The fourth-order valence-electron chi connectivity index (χ4n) is 1.15. The van der Waals surface area contributed by atoms with Gasteiger partial charge in [-0.05, 0) is 19.5 Å². The van der Waals surface area contributed by atoms with Gasteiger partial charge in [-0.3, -0.25) is 0 Å². The van der Waals surface area contributed by atoms with Crippen molar-refractivity contribution in [2.75, 3.05) is 19.6 Å². The smallest absolute Gasteiger partial charge is 0.0180 e. The SMILES string of the molecule is CCN1CC[C@@H](N)C1.Cl. The molecule has 9 heavy (non-hydrogen) atoms. The Hall–Kier alpha value is 0.210. The molecule has 1 heterocycles. The summed E-state index contributed by atoms with van der Waals surface area (Å²) in [6.07, 6.45) is 1.19. The van der Waals surface area contributed by atoms with Crippen LogP contribution >= 0.6 is 12.4 Å². The summed E-state index contributed by atoms with van der Waals surface area (Å²) >= 11 is 0. The topological polar surface area (TPSA) is 29.3 Å². The molecule has 1 fully saturated rings. The summed E-state index contributed by atoms with van der Waals surface area (Å²) < 4.78 is 0. The van der Waals surface area contributed by atoms with Crippen molar-refractivity contribution in [3.63, 3.8) is 0 Å². The van der Waals surface area contributed by atoms with Crippen molar-refractivity contribution >= 4 is 12.4 Å². The highest BCUT2D eigenvalue weighted by Crippen LogP contribution is 2.04. The molecule has 3 heteroatoms. The van der Waals surface area contributed by atoms with Crippen molar-refractivity contribution in [3.8, 4) is 0 Å². The van der Waals surface area contributed by atoms with E-state index in [1.165, 1.54) is 13.0 Å². The van der Waals surface area contributed by atoms with E-state index in [1.807, 2.05) is 0 Å². The van der Waals surface area contributed by atoms with Crippen LogP contribution in [-0.2, 0) is 0 Å². The molecule has 0 aromatic rings. The van der Waals surface area contributed by atoms with E-state index < -0.39 is 0 Å². The van der Waals surface area contributed by atoms with Crippen molar-refractivity contribution < 1.29 is 0 Å². The number of hydrogen-bond acceptors (Lipinski definition) is 2. The summed E-state index contributed by atoms with van der Waals surface area (Å²) in [5.74, 6) is 0. The van der Waals surface area contributed by atoms with Gasteiger partial charge in [0.05, 0.1) is 0 Å². The maximum absolute atomic E-state index is 5.66. The van der Waals surface area contributed by atoms with Gasteiger partial charge in [0, 0.05) is 12.6 Å². The highest BCUT2D eigenvalue weighted by atomic mass is 35.5. The summed E-state index contributed by atoms with van der Waals surface area (Å²) in [4.78, 5) is 2.38. The summed E-state index contributed by atoms with van der Waals surface area (Å²) in [6, 6.07) is 0.454. The zero-order chi connectivity index (χ0) is 5.98. The molecular formula is C6H15ClN2. The van der Waals surface area contributed by atoms with Crippen LogP contribution in [0.5, 0.6) is 0 Å². The van der Waals surface area contributed by atoms with Gasteiger partial charge in [-0.2, -0.15) is 0 Å². The third kappa shape index (κ3) is 2.52. The first-order chi connectivity index (χ1) is 3.83. The molecule has 1 atom stereocenters. The minimum absolute atomic E-state index is 0. The molecule has 0 bridgehead atoms. The number of likely N-dealkylation sites (N-methyl/N-ethyl adjacent to an activating group) is 1. The largest absolute Gasteiger partial charge is 0.326 e. The zero-order valence-electron chi connectivity index (χ0n) is 5.84. The van der Waals surface area contributed by atoms with E-state index >= 15 is 0 Å². The fourth-order valence-corrected chi connectivity index (χ4v) is 1.15. The number of nitrogens with two attached hydrogens (primary N) is 1. The molecule has 0 aromatic heterocycles. The number of rotatable bonds is 1. The van der Waals surface area contributed by atoms with Crippen LogP contribution < -0.4 is 5.73 Å². The van der Waals surface area contributed by atoms with E-state index in [9.17, 15) is 0 Å².